The van der Waals surface area contributed by atoms with Gasteiger partial charge in [-0.15, -0.1) is 0 Å². The van der Waals surface area contributed by atoms with E-state index in [0.29, 0.717) is 22.6 Å². The number of hydrogen-bond acceptors (Lipinski definition) is 5. The van der Waals surface area contributed by atoms with Crippen LogP contribution in [0.5, 0.6) is 0 Å². The molecule has 6 heteroatoms. The zero-order valence-corrected chi connectivity index (χ0v) is 11.9. The number of anilines is 1. The van der Waals surface area contributed by atoms with Gasteiger partial charge in [0.1, 0.15) is 17.0 Å². The minimum absolute atomic E-state index is 0.154. The van der Waals surface area contributed by atoms with E-state index in [4.69, 9.17) is 10.2 Å². The Morgan fingerprint density at radius 3 is 2.57 bits per heavy atom. The number of nitrogen functional groups attached to an aromatic ring is 1. The number of nitrogens with two attached hydrogens (primary N) is 1. The maximum Gasteiger partial charge on any atom is 0.220 e. The number of furan rings is 1. The van der Waals surface area contributed by atoms with Crippen LogP contribution >= 0.6 is 0 Å². The standard InChI is InChI=1S/C17H11FN4O/c18-11-5-3-10(4-6-11)14-15-13(2-1-8-20-15)23-16(14)12-7-9-21-17(19)22-12/h1-9H,(H2,19,21,22). The van der Waals surface area contributed by atoms with Crippen molar-refractivity contribution >= 4 is 17.0 Å². The average molecular weight is 306 g/mol. The normalized spacial score (nSPS) is 11.0. The first-order valence-electron chi connectivity index (χ1n) is 6.95. The molecule has 0 aliphatic carbocycles. The molecule has 3 aromatic heterocycles. The van der Waals surface area contributed by atoms with E-state index in [2.05, 4.69) is 15.0 Å². The number of rotatable bonds is 2. The van der Waals surface area contributed by atoms with Crippen molar-refractivity contribution in [2.24, 2.45) is 0 Å². The number of aromatic nitrogens is 3. The molecule has 5 nitrogen and oxygen atoms in total. The first-order valence-corrected chi connectivity index (χ1v) is 6.95. The Bertz CT molecular complexity index is 995. The summed E-state index contributed by atoms with van der Waals surface area (Å²) in [6.07, 6.45) is 3.25. The fraction of sp³-hybridized carbons (Fsp3) is 0. The molecule has 0 saturated carbocycles. The molecule has 0 aliphatic heterocycles. The van der Waals surface area contributed by atoms with Crippen molar-refractivity contribution in [1.82, 2.24) is 15.0 Å². The van der Waals surface area contributed by atoms with E-state index in [1.807, 2.05) is 6.07 Å². The molecule has 4 aromatic rings. The monoisotopic (exact) mass is 306 g/mol. The van der Waals surface area contributed by atoms with Crippen LogP contribution in [0.15, 0.2) is 59.3 Å². The molecule has 0 aliphatic rings. The number of benzene rings is 1. The van der Waals surface area contributed by atoms with Gasteiger partial charge in [-0.2, -0.15) is 0 Å². The first-order chi connectivity index (χ1) is 11.2. The molecule has 1 aromatic carbocycles. The van der Waals surface area contributed by atoms with Crippen LogP contribution in [0.2, 0.25) is 0 Å². The second-order valence-corrected chi connectivity index (χ2v) is 4.96. The van der Waals surface area contributed by atoms with Crippen molar-refractivity contribution < 1.29 is 8.81 Å². The maximum absolute atomic E-state index is 13.2. The van der Waals surface area contributed by atoms with Crippen LogP contribution in [0.4, 0.5) is 10.3 Å². The van der Waals surface area contributed by atoms with Crippen LogP contribution in [0.3, 0.4) is 0 Å². The van der Waals surface area contributed by atoms with Gasteiger partial charge in [0.05, 0.1) is 5.56 Å². The number of pyridine rings is 1. The molecule has 0 bridgehead atoms. The minimum Gasteiger partial charge on any atom is -0.452 e. The predicted molar refractivity (Wildman–Crippen MR) is 84.8 cm³/mol. The van der Waals surface area contributed by atoms with Crippen molar-refractivity contribution in [3.63, 3.8) is 0 Å². The highest BCUT2D eigenvalue weighted by Crippen LogP contribution is 2.39. The fourth-order valence-corrected chi connectivity index (χ4v) is 2.49. The third-order valence-electron chi connectivity index (χ3n) is 3.49. The summed E-state index contributed by atoms with van der Waals surface area (Å²) in [5, 5.41) is 0. The Labute approximate surface area is 130 Å². The molecule has 0 saturated heterocycles. The molecule has 0 amide bonds. The Balaban J connectivity index is 2.04. The van der Waals surface area contributed by atoms with Crippen LogP contribution in [-0.4, -0.2) is 15.0 Å². The molecule has 2 N–H and O–H groups in total. The summed E-state index contributed by atoms with van der Waals surface area (Å²) in [7, 11) is 0. The lowest BCUT2D eigenvalue weighted by Gasteiger charge is -2.03. The number of hydrogen-bond donors (Lipinski definition) is 1. The van der Waals surface area contributed by atoms with Gasteiger partial charge in [0.15, 0.2) is 11.3 Å². The van der Waals surface area contributed by atoms with Crippen molar-refractivity contribution in [3.05, 3.63) is 60.7 Å². The van der Waals surface area contributed by atoms with Gasteiger partial charge in [-0.25, -0.2) is 14.4 Å². The maximum atomic E-state index is 13.2. The van der Waals surface area contributed by atoms with E-state index in [1.165, 1.54) is 12.1 Å². The molecule has 0 fully saturated rings. The fourth-order valence-electron chi connectivity index (χ4n) is 2.49. The van der Waals surface area contributed by atoms with Crippen molar-refractivity contribution in [2.75, 3.05) is 5.73 Å². The highest BCUT2D eigenvalue weighted by molar-refractivity contribution is 5.98. The molecule has 0 atom stereocenters. The highest BCUT2D eigenvalue weighted by Gasteiger charge is 2.19. The van der Waals surface area contributed by atoms with Gasteiger partial charge in [-0.1, -0.05) is 12.1 Å². The third kappa shape index (κ3) is 2.30. The van der Waals surface area contributed by atoms with Gasteiger partial charge >= 0.3 is 0 Å². The summed E-state index contributed by atoms with van der Waals surface area (Å²) < 4.78 is 19.2. The number of fused-ring (bicyclic) bond motifs is 1. The highest BCUT2D eigenvalue weighted by atomic mass is 19.1. The van der Waals surface area contributed by atoms with Crippen molar-refractivity contribution in [1.29, 1.82) is 0 Å². The smallest absolute Gasteiger partial charge is 0.220 e. The SMILES string of the molecule is Nc1nccc(-c2oc3cccnc3c2-c2ccc(F)cc2)n1. The number of halogens is 1. The largest absolute Gasteiger partial charge is 0.452 e. The Morgan fingerprint density at radius 2 is 1.78 bits per heavy atom. The molecule has 23 heavy (non-hydrogen) atoms. The van der Waals surface area contributed by atoms with Gasteiger partial charge in [0.2, 0.25) is 5.95 Å². The van der Waals surface area contributed by atoms with E-state index in [1.54, 1.807) is 36.7 Å². The van der Waals surface area contributed by atoms with Crippen LogP contribution in [-0.2, 0) is 0 Å². The lowest BCUT2D eigenvalue weighted by atomic mass is 10.0. The van der Waals surface area contributed by atoms with Crippen molar-refractivity contribution in [3.8, 4) is 22.6 Å². The van der Waals surface area contributed by atoms with Gasteiger partial charge in [0.25, 0.3) is 0 Å². The lowest BCUT2D eigenvalue weighted by Crippen LogP contribution is -1.95. The molecule has 0 spiro atoms. The van der Waals surface area contributed by atoms with Crippen LogP contribution in [0.25, 0.3) is 33.7 Å². The molecular formula is C17H11FN4O. The van der Waals surface area contributed by atoms with Crippen molar-refractivity contribution in [2.45, 2.75) is 0 Å². The predicted octanol–water partition coefficient (Wildman–Crippen LogP) is 3.67. The van der Waals surface area contributed by atoms with Crippen LogP contribution in [0.1, 0.15) is 0 Å². The van der Waals surface area contributed by atoms with Gasteiger partial charge in [-0.3, -0.25) is 4.98 Å². The number of nitrogens with zero attached hydrogens (tertiary/aromatic N) is 3. The van der Waals surface area contributed by atoms with Gasteiger partial charge < -0.3 is 10.2 Å². The second kappa shape index (κ2) is 5.17. The Hall–Kier alpha value is -3.28. The summed E-state index contributed by atoms with van der Waals surface area (Å²) in [5.74, 6) is 0.378. The second-order valence-electron chi connectivity index (χ2n) is 4.96. The Kier molecular flexibility index (Phi) is 3.01. The van der Waals surface area contributed by atoms with E-state index in [-0.39, 0.29) is 11.8 Å². The molecular weight excluding hydrogens is 295 g/mol. The summed E-state index contributed by atoms with van der Waals surface area (Å²) in [4.78, 5) is 12.5. The summed E-state index contributed by atoms with van der Waals surface area (Å²) in [6.45, 7) is 0. The molecule has 4 rings (SSSR count). The summed E-state index contributed by atoms with van der Waals surface area (Å²) in [5.41, 5.74) is 9.07. The molecule has 112 valence electrons. The van der Waals surface area contributed by atoms with E-state index >= 15 is 0 Å². The zero-order valence-electron chi connectivity index (χ0n) is 11.9. The average Bonchev–Trinajstić information content (AvgIpc) is 2.95. The van der Waals surface area contributed by atoms with Crippen LogP contribution < -0.4 is 5.73 Å². The quantitative estimate of drug-likeness (QED) is 0.611. The third-order valence-corrected chi connectivity index (χ3v) is 3.49. The Morgan fingerprint density at radius 1 is 0.957 bits per heavy atom. The van der Waals surface area contributed by atoms with Crippen LogP contribution in [0, 0.1) is 5.82 Å². The van der Waals surface area contributed by atoms with Gasteiger partial charge in [0, 0.05) is 12.4 Å². The zero-order chi connectivity index (χ0) is 15.8. The summed E-state index contributed by atoms with van der Waals surface area (Å²) in [6, 6.07) is 11.5. The topological polar surface area (TPSA) is 77.8 Å². The van der Waals surface area contributed by atoms with E-state index in [0.717, 1.165) is 11.1 Å². The van der Waals surface area contributed by atoms with E-state index in [9.17, 15) is 4.39 Å². The first kappa shape index (κ1) is 13.4. The minimum atomic E-state index is -0.303. The summed E-state index contributed by atoms with van der Waals surface area (Å²) >= 11 is 0. The lowest BCUT2D eigenvalue weighted by molar-refractivity contribution is 0.626. The van der Waals surface area contributed by atoms with Gasteiger partial charge in [-0.05, 0) is 35.9 Å². The van der Waals surface area contributed by atoms with E-state index < -0.39 is 0 Å². The molecule has 0 radical (unpaired) electrons. The molecule has 3 heterocycles. The molecule has 0 unspecified atom stereocenters.